The number of aromatic hydroxyl groups is 1. The van der Waals surface area contributed by atoms with Gasteiger partial charge < -0.3 is 10.1 Å². The topological polar surface area (TPSA) is 36.0 Å². The van der Waals surface area contributed by atoms with Crippen molar-refractivity contribution < 1.29 is 5.11 Å². The van der Waals surface area contributed by atoms with E-state index in [1.165, 1.54) is 22.1 Å². The Morgan fingerprint density at radius 2 is 1.50 bits per heavy atom. The van der Waals surface area contributed by atoms with Crippen molar-refractivity contribution in [1.82, 2.24) is 4.98 Å². The second-order valence-electron chi connectivity index (χ2n) is 7.12. The SMILES string of the molecule is Cc1ccc(O)c(C(c2ccccc2)c2[nH]c3cc(C)ccc3c2C)c1. The van der Waals surface area contributed by atoms with Crippen molar-refractivity contribution >= 4 is 10.9 Å². The molecule has 2 N–H and O–H groups in total. The van der Waals surface area contributed by atoms with Crippen molar-refractivity contribution in [2.75, 3.05) is 0 Å². The first-order valence-electron chi connectivity index (χ1n) is 8.98. The fraction of sp³-hybridized carbons (Fsp3) is 0.167. The third-order valence-corrected chi connectivity index (χ3v) is 5.17. The number of rotatable bonds is 3. The van der Waals surface area contributed by atoms with E-state index in [0.29, 0.717) is 5.75 Å². The fourth-order valence-corrected chi connectivity index (χ4v) is 3.81. The zero-order valence-corrected chi connectivity index (χ0v) is 15.4. The number of phenolic OH excluding ortho intramolecular Hbond substituents is 1. The molecular weight excluding hydrogens is 318 g/mol. The van der Waals surface area contributed by atoms with Crippen LogP contribution in [-0.4, -0.2) is 10.1 Å². The van der Waals surface area contributed by atoms with Crippen LogP contribution in [0.3, 0.4) is 0 Å². The summed E-state index contributed by atoms with van der Waals surface area (Å²) in [6.45, 7) is 6.33. The molecule has 0 spiro atoms. The maximum Gasteiger partial charge on any atom is 0.119 e. The minimum absolute atomic E-state index is 0.0381. The van der Waals surface area contributed by atoms with Crippen molar-refractivity contribution in [2.24, 2.45) is 0 Å². The monoisotopic (exact) mass is 341 g/mol. The molecule has 2 heteroatoms. The molecular formula is C24H23NO. The summed E-state index contributed by atoms with van der Waals surface area (Å²) < 4.78 is 0. The van der Waals surface area contributed by atoms with E-state index in [4.69, 9.17) is 0 Å². The van der Waals surface area contributed by atoms with E-state index >= 15 is 0 Å². The zero-order chi connectivity index (χ0) is 18.3. The van der Waals surface area contributed by atoms with E-state index in [0.717, 1.165) is 22.3 Å². The third-order valence-electron chi connectivity index (χ3n) is 5.17. The second-order valence-corrected chi connectivity index (χ2v) is 7.12. The number of benzene rings is 3. The molecule has 0 fully saturated rings. The molecule has 26 heavy (non-hydrogen) atoms. The van der Waals surface area contributed by atoms with Gasteiger partial charge in [0.1, 0.15) is 5.75 Å². The molecule has 0 amide bonds. The van der Waals surface area contributed by atoms with Crippen molar-refractivity contribution in [2.45, 2.75) is 26.7 Å². The van der Waals surface area contributed by atoms with E-state index in [1.54, 1.807) is 6.07 Å². The summed E-state index contributed by atoms with van der Waals surface area (Å²) in [5.74, 6) is 0.294. The van der Waals surface area contributed by atoms with Gasteiger partial charge in [0.2, 0.25) is 0 Å². The number of nitrogens with one attached hydrogen (secondary N) is 1. The molecule has 0 bridgehead atoms. The summed E-state index contributed by atoms with van der Waals surface area (Å²) in [6.07, 6.45) is 0. The smallest absolute Gasteiger partial charge is 0.119 e. The number of H-pyrrole nitrogens is 1. The maximum absolute atomic E-state index is 10.6. The molecule has 0 saturated carbocycles. The van der Waals surface area contributed by atoms with Gasteiger partial charge in [-0.1, -0.05) is 60.2 Å². The molecule has 1 atom stereocenters. The number of fused-ring (bicyclic) bond motifs is 1. The van der Waals surface area contributed by atoms with Crippen molar-refractivity contribution in [3.8, 4) is 5.75 Å². The fourth-order valence-electron chi connectivity index (χ4n) is 3.81. The molecule has 1 aromatic heterocycles. The van der Waals surface area contributed by atoms with Crippen LogP contribution in [0.2, 0.25) is 0 Å². The number of aromatic nitrogens is 1. The standard InChI is InChI=1S/C24H23NO/c1-15-10-12-22(26)20(13-15)23(18-7-5-4-6-8-18)24-17(3)19-11-9-16(2)14-21(19)25-24/h4-14,23,25-26H,1-3H3. The van der Waals surface area contributed by atoms with Gasteiger partial charge >= 0.3 is 0 Å². The minimum Gasteiger partial charge on any atom is -0.508 e. The van der Waals surface area contributed by atoms with Gasteiger partial charge in [-0.3, -0.25) is 0 Å². The normalized spacial score (nSPS) is 12.4. The van der Waals surface area contributed by atoms with Gasteiger partial charge in [0, 0.05) is 22.2 Å². The largest absolute Gasteiger partial charge is 0.508 e. The molecule has 4 rings (SSSR count). The predicted molar refractivity (Wildman–Crippen MR) is 108 cm³/mol. The summed E-state index contributed by atoms with van der Waals surface area (Å²) in [4.78, 5) is 3.64. The Bertz CT molecular complexity index is 1080. The van der Waals surface area contributed by atoms with Crippen molar-refractivity contribution in [1.29, 1.82) is 0 Å². The van der Waals surface area contributed by atoms with E-state index < -0.39 is 0 Å². The second kappa shape index (κ2) is 6.38. The van der Waals surface area contributed by atoms with Gasteiger partial charge in [0.05, 0.1) is 5.92 Å². The molecule has 0 radical (unpaired) electrons. The first-order chi connectivity index (χ1) is 12.5. The number of hydrogen-bond donors (Lipinski definition) is 2. The van der Waals surface area contributed by atoms with Gasteiger partial charge in [-0.05, 0) is 49.6 Å². The van der Waals surface area contributed by atoms with Crippen LogP contribution in [0.4, 0.5) is 0 Å². The number of aryl methyl sites for hydroxylation is 3. The van der Waals surface area contributed by atoms with Crippen LogP contribution in [-0.2, 0) is 0 Å². The summed E-state index contributed by atoms with van der Waals surface area (Å²) in [6, 6.07) is 22.7. The highest BCUT2D eigenvalue weighted by Gasteiger charge is 2.24. The van der Waals surface area contributed by atoms with Crippen LogP contribution in [0, 0.1) is 20.8 Å². The Labute approximate surface area is 154 Å². The lowest BCUT2D eigenvalue weighted by Gasteiger charge is -2.20. The zero-order valence-electron chi connectivity index (χ0n) is 15.4. The number of aromatic amines is 1. The average molecular weight is 341 g/mol. The Hall–Kier alpha value is -3.00. The number of phenols is 1. The lowest BCUT2D eigenvalue weighted by atomic mass is 9.85. The van der Waals surface area contributed by atoms with Crippen LogP contribution >= 0.6 is 0 Å². The first-order valence-corrected chi connectivity index (χ1v) is 8.98. The Balaban J connectivity index is 2.00. The summed E-state index contributed by atoms with van der Waals surface area (Å²) in [7, 11) is 0. The molecule has 4 aromatic rings. The molecule has 1 unspecified atom stereocenters. The maximum atomic E-state index is 10.6. The highest BCUT2D eigenvalue weighted by Crippen LogP contribution is 2.40. The molecule has 0 saturated heterocycles. The highest BCUT2D eigenvalue weighted by molar-refractivity contribution is 5.85. The van der Waals surface area contributed by atoms with Crippen LogP contribution in [0.5, 0.6) is 5.75 Å². The van der Waals surface area contributed by atoms with Crippen LogP contribution in [0.25, 0.3) is 10.9 Å². The van der Waals surface area contributed by atoms with E-state index in [1.807, 2.05) is 12.1 Å². The van der Waals surface area contributed by atoms with Crippen LogP contribution < -0.4 is 0 Å². The first kappa shape index (κ1) is 16.5. The predicted octanol–water partition coefficient (Wildman–Crippen LogP) is 5.98. The average Bonchev–Trinajstić information content (AvgIpc) is 2.95. The molecule has 0 aliphatic carbocycles. The van der Waals surface area contributed by atoms with Crippen molar-refractivity contribution in [3.63, 3.8) is 0 Å². The van der Waals surface area contributed by atoms with Gasteiger partial charge in [-0.2, -0.15) is 0 Å². The Kier molecular flexibility index (Phi) is 4.04. The molecule has 1 heterocycles. The Morgan fingerprint density at radius 1 is 0.808 bits per heavy atom. The number of hydrogen-bond acceptors (Lipinski definition) is 1. The molecule has 0 aliphatic rings. The van der Waals surface area contributed by atoms with Crippen LogP contribution in [0.1, 0.15) is 39.4 Å². The van der Waals surface area contributed by atoms with E-state index in [9.17, 15) is 5.11 Å². The third kappa shape index (κ3) is 2.78. The molecule has 2 nitrogen and oxygen atoms in total. The van der Waals surface area contributed by atoms with Gasteiger partial charge in [0.15, 0.2) is 0 Å². The Morgan fingerprint density at radius 3 is 2.27 bits per heavy atom. The molecule has 0 aliphatic heterocycles. The quantitative estimate of drug-likeness (QED) is 0.472. The summed E-state index contributed by atoms with van der Waals surface area (Å²) in [5, 5.41) is 11.9. The molecule has 130 valence electrons. The summed E-state index contributed by atoms with van der Waals surface area (Å²) >= 11 is 0. The summed E-state index contributed by atoms with van der Waals surface area (Å²) in [5.41, 5.74) is 7.99. The minimum atomic E-state index is -0.0381. The van der Waals surface area contributed by atoms with Gasteiger partial charge in [0.25, 0.3) is 0 Å². The van der Waals surface area contributed by atoms with Crippen molar-refractivity contribution in [3.05, 3.63) is 100 Å². The van der Waals surface area contributed by atoms with E-state index in [-0.39, 0.29) is 5.92 Å². The van der Waals surface area contributed by atoms with Crippen LogP contribution in [0.15, 0.2) is 66.7 Å². The molecule has 3 aromatic carbocycles. The van der Waals surface area contributed by atoms with Gasteiger partial charge in [-0.15, -0.1) is 0 Å². The van der Waals surface area contributed by atoms with Gasteiger partial charge in [-0.25, -0.2) is 0 Å². The lowest BCUT2D eigenvalue weighted by Crippen LogP contribution is -2.06. The highest BCUT2D eigenvalue weighted by atomic mass is 16.3. The van der Waals surface area contributed by atoms with E-state index in [2.05, 4.69) is 74.3 Å². The lowest BCUT2D eigenvalue weighted by molar-refractivity contribution is 0.466.